The van der Waals surface area contributed by atoms with Crippen LogP contribution in [-0.2, 0) is 18.0 Å². The minimum absolute atomic E-state index is 0.0468. The van der Waals surface area contributed by atoms with Crippen molar-refractivity contribution in [2.24, 2.45) is 0 Å². The molecule has 0 saturated heterocycles. The van der Waals surface area contributed by atoms with Crippen LogP contribution in [0, 0.1) is 0 Å². The summed E-state index contributed by atoms with van der Waals surface area (Å²) in [6.07, 6.45) is 2.00. The molecule has 2 heterocycles. The highest BCUT2D eigenvalue weighted by atomic mass is 79.9. The number of benzene rings is 2. The van der Waals surface area contributed by atoms with E-state index in [0.717, 1.165) is 32.2 Å². The summed E-state index contributed by atoms with van der Waals surface area (Å²) in [5, 5.41) is 1.14. The minimum Gasteiger partial charge on any atom is -0.364 e. The molecule has 1 aliphatic heterocycles. The Morgan fingerprint density at radius 3 is 2.87 bits per heavy atom. The average molecular weight is 371 g/mol. The Morgan fingerprint density at radius 2 is 2.04 bits per heavy atom. The van der Waals surface area contributed by atoms with Gasteiger partial charge in [-0.15, -0.1) is 0 Å². The molecule has 3 aromatic rings. The molecule has 0 N–H and O–H groups in total. The number of halogens is 1. The van der Waals surface area contributed by atoms with Gasteiger partial charge in [0.1, 0.15) is 6.73 Å². The monoisotopic (exact) mass is 370 g/mol. The number of aromatic nitrogens is 1. The molecule has 4 nitrogen and oxygen atoms in total. The molecule has 0 atom stereocenters. The number of ether oxygens (including phenoxy) is 1. The number of hydrogen-bond donors (Lipinski definition) is 0. The Bertz CT molecular complexity index is 917. The highest BCUT2D eigenvalue weighted by Gasteiger charge is 2.28. The molecule has 4 rings (SSSR count). The first-order valence-corrected chi connectivity index (χ1v) is 8.15. The molecule has 0 fully saturated rings. The van der Waals surface area contributed by atoms with Crippen LogP contribution >= 0.6 is 15.9 Å². The lowest BCUT2D eigenvalue weighted by Gasteiger charge is -2.16. The third-order valence-electron chi connectivity index (χ3n) is 4.21. The van der Waals surface area contributed by atoms with Gasteiger partial charge in [-0.2, -0.15) is 0 Å². The minimum atomic E-state index is 0.0468. The van der Waals surface area contributed by atoms with E-state index in [1.807, 2.05) is 52.1 Å². The van der Waals surface area contributed by atoms with Gasteiger partial charge < -0.3 is 14.2 Å². The van der Waals surface area contributed by atoms with Crippen LogP contribution in [0.2, 0.25) is 0 Å². The van der Waals surface area contributed by atoms with Crippen molar-refractivity contribution < 1.29 is 9.53 Å². The van der Waals surface area contributed by atoms with Crippen LogP contribution in [0.1, 0.15) is 15.9 Å². The summed E-state index contributed by atoms with van der Waals surface area (Å²) in [6, 6.07) is 14.0. The molecular formula is C18H15BrN2O2. The van der Waals surface area contributed by atoms with Crippen molar-refractivity contribution in [2.75, 3.05) is 12.0 Å². The Balaban J connectivity index is 1.75. The fraction of sp³-hybridized carbons (Fsp3) is 0.167. The van der Waals surface area contributed by atoms with E-state index in [4.69, 9.17) is 4.74 Å². The van der Waals surface area contributed by atoms with Crippen LogP contribution in [0.4, 0.5) is 5.69 Å². The predicted octanol–water partition coefficient (Wildman–Crippen LogP) is 4.17. The van der Waals surface area contributed by atoms with Gasteiger partial charge in [-0.1, -0.05) is 28.1 Å². The molecule has 1 amide bonds. The van der Waals surface area contributed by atoms with Crippen LogP contribution in [0.3, 0.4) is 0 Å². The van der Waals surface area contributed by atoms with Crippen LogP contribution in [0.5, 0.6) is 0 Å². The van der Waals surface area contributed by atoms with E-state index in [-0.39, 0.29) is 5.91 Å². The molecule has 0 radical (unpaired) electrons. The Hall–Kier alpha value is -2.11. The number of nitrogens with zero attached hydrogens (tertiary/aromatic N) is 2. The zero-order valence-electron chi connectivity index (χ0n) is 12.6. The maximum Gasteiger partial charge on any atom is 0.258 e. The summed E-state index contributed by atoms with van der Waals surface area (Å²) in [5.74, 6) is 0.0468. The molecule has 1 aromatic heterocycles. The summed E-state index contributed by atoms with van der Waals surface area (Å²) in [4.78, 5) is 14.5. The lowest BCUT2D eigenvalue weighted by Crippen LogP contribution is -2.22. The van der Waals surface area contributed by atoms with Crippen LogP contribution in [0.15, 0.2) is 53.1 Å². The summed E-state index contributed by atoms with van der Waals surface area (Å²) >= 11 is 3.43. The number of anilines is 1. The average Bonchev–Trinajstić information content (AvgIpc) is 3.09. The lowest BCUT2D eigenvalue weighted by atomic mass is 10.1. The van der Waals surface area contributed by atoms with Gasteiger partial charge >= 0.3 is 0 Å². The van der Waals surface area contributed by atoms with Crippen molar-refractivity contribution in [1.29, 1.82) is 0 Å². The number of carbonyl (C=O) groups excluding carboxylic acids is 1. The smallest absolute Gasteiger partial charge is 0.258 e. The predicted molar refractivity (Wildman–Crippen MR) is 93.6 cm³/mol. The third-order valence-corrected chi connectivity index (χ3v) is 4.71. The SMILES string of the molecule is COCn1ccc2ccc(N3Cc4ccc(Br)cc4C3=O)cc21. The molecule has 0 aliphatic carbocycles. The number of fused-ring (bicyclic) bond motifs is 2. The van der Waals surface area contributed by atoms with Gasteiger partial charge in [0.25, 0.3) is 5.91 Å². The topological polar surface area (TPSA) is 34.5 Å². The molecule has 0 bridgehead atoms. The first-order valence-electron chi connectivity index (χ1n) is 7.35. The number of hydrogen-bond acceptors (Lipinski definition) is 2. The highest BCUT2D eigenvalue weighted by molar-refractivity contribution is 9.10. The van der Waals surface area contributed by atoms with E-state index in [2.05, 4.69) is 22.0 Å². The Labute approximate surface area is 142 Å². The molecule has 116 valence electrons. The fourth-order valence-electron chi connectivity index (χ4n) is 3.07. The maximum atomic E-state index is 12.7. The molecule has 0 spiro atoms. The third kappa shape index (κ3) is 2.36. The van der Waals surface area contributed by atoms with Gasteiger partial charge in [0, 0.05) is 29.0 Å². The fourth-order valence-corrected chi connectivity index (χ4v) is 3.43. The van der Waals surface area contributed by atoms with Gasteiger partial charge in [0.15, 0.2) is 0 Å². The van der Waals surface area contributed by atoms with E-state index in [0.29, 0.717) is 13.3 Å². The van der Waals surface area contributed by atoms with Crippen LogP contribution in [0.25, 0.3) is 10.9 Å². The van der Waals surface area contributed by atoms with Gasteiger partial charge in [0.05, 0.1) is 12.1 Å². The summed E-state index contributed by atoms with van der Waals surface area (Å²) in [7, 11) is 1.67. The summed E-state index contributed by atoms with van der Waals surface area (Å²) in [5.41, 5.74) is 3.80. The van der Waals surface area contributed by atoms with Crippen LogP contribution < -0.4 is 4.90 Å². The molecule has 1 aliphatic rings. The van der Waals surface area contributed by atoms with Crippen molar-refractivity contribution in [2.45, 2.75) is 13.3 Å². The molecular weight excluding hydrogens is 356 g/mol. The number of carbonyl (C=O) groups is 1. The van der Waals surface area contributed by atoms with Crippen LogP contribution in [-0.4, -0.2) is 17.6 Å². The van der Waals surface area contributed by atoms with Crippen molar-refractivity contribution >= 4 is 38.4 Å². The normalized spacial score (nSPS) is 13.8. The zero-order valence-corrected chi connectivity index (χ0v) is 14.2. The van der Waals surface area contributed by atoms with E-state index < -0.39 is 0 Å². The standard InChI is InChI=1S/C18H15BrN2O2/c1-23-11-20-7-6-12-3-5-15(9-17(12)20)21-10-13-2-4-14(19)8-16(13)18(21)22/h2-9H,10-11H2,1H3. The second-order valence-corrected chi connectivity index (χ2v) is 6.55. The molecule has 2 aromatic carbocycles. The van der Waals surface area contributed by atoms with Crippen molar-refractivity contribution in [1.82, 2.24) is 4.57 Å². The number of methoxy groups -OCH3 is 1. The quantitative estimate of drug-likeness (QED) is 0.693. The zero-order chi connectivity index (χ0) is 16.0. The first kappa shape index (κ1) is 14.5. The second kappa shape index (κ2) is 5.51. The van der Waals surface area contributed by atoms with Gasteiger partial charge in [-0.05, 0) is 41.3 Å². The Morgan fingerprint density at radius 1 is 1.17 bits per heavy atom. The summed E-state index contributed by atoms with van der Waals surface area (Å²) in [6.45, 7) is 1.10. The second-order valence-electron chi connectivity index (χ2n) is 5.64. The highest BCUT2D eigenvalue weighted by Crippen LogP contribution is 2.32. The van der Waals surface area contributed by atoms with Gasteiger partial charge in [-0.25, -0.2) is 0 Å². The van der Waals surface area contributed by atoms with Crippen molar-refractivity contribution in [3.63, 3.8) is 0 Å². The first-order chi connectivity index (χ1) is 11.2. The van der Waals surface area contributed by atoms with Crippen molar-refractivity contribution in [3.05, 3.63) is 64.3 Å². The molecule has 5 heteroatoms. The summed E-state index contributed by atoms with van der Waals surface area (Å²) < 4.78 is 8.18. The lowest BCUT2D eigenvalue weighted by molar-refractivity contribution is 0.0996. The number of amides is 1. The largest absolute Gasteiger partial charge is 0.364 e. The van der Waals surface area contributed by atoms with Gasteiger partial charge in [0.2, 0.25) is 0 Å². The molecule has 0 unspecified atom stereocenters. The van der Waals surface area contributed by atoms with E-state index in [9.17, 15) is 4.79 Å². The van der Waals surface area contributed by atoms with E-state index in [1.165, 1.54) is 0 Å². The number of rotatable bonds is 3. The Kier molecular flexibility index (Phi) is 3.47. The van der Waals surface area contributed by atoms with E-state index >= 15 is 0 Å². The molecule has 23 heavy (non-hydrogen) atoms. The van der Waals surface area contributed by atoms with E-state index in [1.54, 1.807) is 7.11 Å². The molecule has 0 saturated carbocycles. The van der Waals surface area contributed by atoms with Crippen molar-refractivity contribution in [3.8, 4) is 0 Å². The van der Waals surface area contributed by atoms with Gasteiger partial charge in [-0.3, -0.25) is 4.79 Å². The maximum absolute atomic E-state index is 12.7.